The lowest BCUT2D eigenvalue weighted by molar-refractivity contribution is 0.628. The largest absolute Gasteiger partial charge is 0.291 e. The first-order valence-corrected chi connectivity index (χ1v) is 4.88. The highest BCUT2D eigenvalue weighted by Gasteiger charge is 2.04. The van der Waals surface area contributed by atoms with Gasteiger partial charge in [0, 0.05) is 24.2 Å². The predicted octanol–water partition coefficient (Wildman–Crippen LogP) is 2.54. The quantitative estimate of drug-likeness (QED) is 0.621. The zero-order valence-electron chi connectivity index (χ0n) is 8.34. The first-order valence-electron chi connectivity index (χ1n) is 4.88. The number of aromatic nitrogens is 3. The van der Waals surface area contributed by atoms with Gasteiger partial charge in [0.25, 0.3) is 0 Å². The van der Waals surface area contributed by atoms with Crippen LogP contribution in [-0.2, 0) is 0 Å². The molecule has 2 heterocycles. The minimum absolute atomic E-state index is 0.245. The van der Waals surface area contributed by atoms with Gasteiger partial charge >= 0.3 is 0 Å². The summed E-state index contributed by atoms with van der Waals surface area (Å²) in [4.78, 5) is 8.46. The van der Waals surface area contributed by atoms with Gasteiger partial charge in [-0.1, -0.05) is 0 Å². The van der Waals surface area contributed by atoms with Crippen molar-refractivity contribution in [3.05, 3.63) is 54.7 Å². The summed E-state index contributed by atoms with van der Waals surface area (Å²) in [7, 11) is 0. The lowest BCUT2D eigenvalue weighted by Gasteiger charge is -1.94. The minimum Gasteiger partial charge on any atom is -0.291 e. The molecule has 3 rings (SSSR count). The summed E-state index contributed by atoms with van der Waals surface area (Å²) in [6.07, 6.45) is 5.44. The average Bonchev–Trinajstić information content (AvgIpc) is 2.73. The van der Waals surface area contributed by atoms with Crippen molar-refractivity contribution in [3.8, 4) is 11.3 Å². The van der Waals surface area contributed by atoms with Gasteiger partial charge in [-0.05, 0) is 30.3 Å². The summed E-state index contributed by atoms with van der Waals surface area (Å²) < 4.78 is 14.6. The van der Waals surface area contributed by atoms with Crippen LogP contribution >= 0.6 is 0 Å². The van der Waals surface area contributed by atoms with E-state index in [9.17, 15) is 4.39 Å². The van der Waals surface area contributed by atoms with Crippen LogP contribution in [0.5, 0.6) is 0 Å². The lowest BCUT2D eigenvalue weighted by atomic mass is 10.2. The molecule has 0 spiro atoms. The third-order valence-electron chi connectivity index (χ3n) is 2.38. The summed E-state index contributed by atoms with van der Waals surface area (Å²) in [5.74, 6) is 0.396. The molecule has 0 fully saturated rings. The molecule has 2 aromatic heterocycles. The van der Waals surface area contributed by atoms with Gasteiger partial charge < -0.3 is 0 Å². The van der Waals surface area contributed by atoms with Crippen LogP contribution in [0.3, 0.4) is 0 Å². The molecule has 0 saturated carbocycles. The van der Waals surface area contributed by atoms with Crippen molar-refractivity contribution >= 4 is 5.78 Å². The molecule has 0 radical (unpaired) electrons. The number of rotatable bonds is 1. The molecule has 0 saturated heterocycles. The van der Waals surface area contributed by atoms with Crippen LogP contribution in [0.15, 0.2) is 48.9 Å². The number of hydrogen-bond acceptors (Lipinski definition) is 2. The van der Waals surface area contributed by atoms with Gasteiger partial charge in [-0.15, -0.1) is 0 Å². The van der Waals surface area contributed by atoms with Gasteiger partial charge in [-0.25, -0.2) is 14.4 Å². The number of fused-ring (bicyclic) bond motifs is 1. The second-order valence-electron chi connectivity index (χ2n) is 3.46. The minimum atomic E-state index is -0.245. The van der Waals surface area contributed by atoms with E-state index in [4.69, 9.17) is 0 Å². The topological polar surface area (TPSA) is 30.2 Å². The summed E-state index contributed by atoms with van der Waals surface area (Å²) in [6.45, 7) is 0. The molecule has 0 bridgehead atoms. The number of imidazole rings is 1. The maximum Gasteiger partial charge on any atom is 0.234 e. The average molecular weight is 213 g/mol. The Labute approximate surface area is 91.2 Å². The summed E-state index contributed by atoms with van der Waals surface area (Å²) >= 11 is 0. The molecule has 0 aliphatic heterocycles. The van der Waals surface area contributed by atoms with Gasteiger partial charge in [0.15, 0.2) is 0 Å². The van der Waals surface area contributed by atoms with Crippen LogP contribution in [0, 0.1) is 5.82 Å². The van der Waals surface area contributed by atoms with Gasteiger partial charge in [0.1, 0.15) is 5.82 Å². The highest BCUT2D eigenvalue weighted by Crippen LogP contribution is 2.18. The Balaban J connectivity index is 2.15. The fraction of sp³-hybridized carbons (Fsp3) is 0. The maximum atomic E-state index is 12.8. The first kappa shape index (κ1) is 9.03. The van der Waals surface area contributed by atoms with Crippen LogP contribution in [0.25, 0.3) is 17.0 Å². The van der Waals surface area contributed by atoms with E-state index in [0.29, 0.717) is 5.78 Å². The molecule has 3 nitrogen and oxygen atoms in total. The Morgan fingerprint density at radius 2 is 1.94 bits per heavy atom. The van der Waals surface area contributed by atoms with E-state index in [0.717, 1.165) is 11.3 Å². The zero-order chi connectivity index (χ0) is 11.0. The van der Waals surface area contributed by atoms with Gasteiger partial charge in [0.2, 0.25) is 5.78 Å². The Kier molecular flexibility index (Phi) is 1.93. The molecular weight excluding hydrogens is 205 g/mol. The van der Waals surface area contributed by atoms with Gasteiger partial charge in [-0.2, -0.15) is 0 Å². The molecule has 1 aromatic carbocycles. The highest BCUT2D eigenvalue weighted by atomic mass is 19.1. The Morgan fingerprint density at radius 1 is 1.12 bits per heavy atom. The van der Waals surface area contributed by atoms with Crippen LogP contribution in [0.2, 0.25) is 0 Å². The van der Waals surface area contributed by atoms with Crippen LogP contribution in [-0.4, -0.2) is 14.4 Å². The molecule has 0 aliphatic carbocycles. The van der Waals surface area contributed by atoms with Crippen molar-refractivity contribution in [2.45, 2.75) is 0 Å². The lowest BCUT2D eigenvalue weighted by Crippen LogP contribution is -1.82. The fourth-order valence-electron chi connectivity index (χ4n) is 1.59. The molecule has 0 unspecified atom stereocenters. The molecule has 0 atom stereocenters. The molecule has 0 aliphatic rings. The van der Waals surface area contributed by atoms with E-state index in [2.05, 4.69) is 9.97 Å². The van der Waals surface area contributed by atoms with Crippen LogP contribution in [0.1, 0.15) is 0 Å². The van der Waals surface area contributed by atoms with Crippen LogP contribution < -0.4 is 0 Å². The van der Waals surface area contributed by atoms with Crippen molar-refractivity contribution < 1.29 is 4.39 Å². The number of nitrogens with zero attached hydrogens (tertiary/aromatic N) is 3. The summed E-state index contributed by atoms with van der Waals surface area (Å²) in [5, 5.41) is 0. The number of hydrogen-bond donors (Lipinski definition) is 0. The van der Waals surface area contributed by atoms with Crippen molar-refractivity contribution in [2.24, 2.45) is 0 Å². The normalized spacial score (nSPS) is 10.8. The van der Waals surface area contributed by atoms with Gasteiger partial charge in [0.05, 0.1) is 5.69 Å². The van der Waals surface area contributed by atoms with Crippen molar-refractivity contribution in [1.82, 2.24) is 14.4 Å². The third-order valence-corrected chi connectivity index (χ3v) is 2.38. The zero-order valence-corrected chi connectivity index (χ0v) is 8.34. The van der Waals surface area contributed by atoms with Gasteiger partial charge in [-0.3, -0.25) is 4.40 Å². The first-order chi connectivity index (χ1) is 7.83. The predicted molar refractivity (Wildman–Crippen MR) is 58.4 cm³/mol. The second kappa shape index (κ2) is 3.41. The highest BCUT2D eigenvalue weighted by molar-refractivity contribution is 5.61. The van der Waals surface area contributed by atoms with E-state index in [-0.39, 0.29) is 5.82 Å². The Bertz CT molecular complexity index is 595. The Morgan fingerprint density at radius 3 is 2.69 bits per heavy atom. The molecule has 4 heteroatoms. The summed E-state index contributed by atoms with van der Waals surface area (Å²) in [6, 6.07) is 8.09. The molecular formula is C12H8FN3. The third kappa shape index (κ3) is 1.44. The summed E-state index contributed by atoms with van der Waals surface area (Å²) in [5.41, 5.74) is 1.67. The maximum absolute atomic E-state index is 12.8. The van der Waals surface area contributed by atoms with E-state index in [1.165, 1.54) is 12.1 Å². The standard InChI is InChI=1S/C12H8FN3/c13-10-4-2-9(3-5-10)11-8-16-7-1-6-14-12(16)15-11/h1-8H. The number of halogens is 1. The fourth-order valence-corrected chi connectivity index (χ4v) is 1.59. The van der Waals surface area contributed by atoms with E-state index >= 15 is 0 Å². The molecule has 0 N–H and O–H groups in total. The number of benzene rings is 1. The van der Waals surface area contributed by atoms with Crippen molar-refractivity contribution in [3.63, 3.8) is 0 Å². The van der Waals surface area contributed by atoms with E-state index < -0.39 is 0 Å². The Hall–Kier alpha value is -2.23. The second-order valence-corrected chi connectivity index (χ2v) is 3.46. The smallest absolute Gasteiger partial charge is 0.234 e. The van der Waals surface area contributed by atoms with E-state index in [1.54, 1.807) is 18.3 Å². The monoisotopic (exact) mass is 213 g/mol. The molecule has 3 aromatic rings. The van der Waals surface area contributed by atoms with Crippen molar-refractivity contribution in [1.29, 1.82) is 0 Å². The van der Waals surface area contributed by atoms with E-state index in [1.807, 2.05) is 22.9 Å². The SMILES string of the molecule is Fc1ccc(-c2cn3cccnc3n2)cc1. The van der Waals surface area contributed by atoms with Crippen molar-refractivity contribution in [2.75, 3.05) is 0 Å². The molecule has 16 heavy (non-hydrogen) atoms. The molecule has 78 valence electrons. The van der Waals surface area contributed by atoms with Crippen LogP contribution in [0.4, 0.5) is 4.39 Å². The molecule has 0 amide bonds.